The Balaban J connectivity index is 0.000000242. The molecular formula is C69H50Br6Cl6F3N19O13S. The number of fused-ring (bicyclic) bond motifs is 5. The normalized spacial score (nSPS) is 10.2. The summed E-state index contributed by atoms with van der Waals surface area (Å²) in [5, 5.41) is 57.8. The molecule has 0 bridgehead atoms. The summed E-state index contributed by atoms with van der Waals surface area (Å²) in [5.41, 5.74) is 25.5. The quantitative estimate of drug-likeness (QED) is 0.0169. The van der Waals surface area contributed by atoms with E-state index >= 15 is 0 Å². The van der Waals surface area contributed by atoms with Crippen LogP contribution in [0.2, 0.25) is 20.2 Å². The first-order chi connectivity index (χ1) is 55.1. The number of aromatic amines is 2. The molecule has 14 N–H and O–H groups in total. The Morgan fingerprint density at radius 2 is 0.863 bits per heavy atom. The van der Waals surface area contributed by atoms with Crippen molar-refractivity contribution in [3.8, 4) is 0 Å². The van der Waals surface area contributed by atoms with Crippen molar-refractivity contribution in [2.75, 3.05) is 27.8 Å². The lowest BCUT2D eigenvalue weighted by Crippen LogP contribution is -2.06. The molecule has 9 aromatic carbocycles. The first-order valence-corrected chi connectivity index (χ1v) is 40.2. The minimum Gasteiger partial charge on any atom is -0.478 e. The second kappa shape index (κ2) is 47.4. The van der Waals surface area contributed by atoms with Gasteiger partial charge in [0.05, 0.1) is 99.8 Å². The maximum Gasteiger partial charge on any atom is 0.337 e. The fourth-order valence-electron chi connectivity index (χ4n) is 8.60. The number of aromatic nitrogens is 10. The topological polar surface area (TPSA) is 518 Å². The highest BCUT2D eigenvalue weighted by molar-refractivity contribution is 9.11. The molecule has 14 rings (SSSR count). The van der Waals surface area contributed by atoms with E-state index in [0.717, 1.165) is 24.3 Å². The number of H-pyrrole nitrogens is 2. The number of amides is 1. The smallest absolute Gasteiger partial charge is 0.337 e. The van der Waals surface area contributed by atoms with Gasteiger partial charge < -0.3 is 53.7 Å². The SMILES string of the molecule is CC(C)O.NC=O.Nc1cc(Br)ccc1C(=O)O.Nc1cc2c(Nc3ccc(F)c(Cl)c3)ncnc2cc1Br.Nc1ccc(F)c(Cl)c1.O=S(Cl)Cl.O=[N+]([O-])c1cc2c(Cl)ncnc2cc1Br.O=[N+]([O-])c1cc2c(Nc3ccc(F)c(Cl)c3)ncnc2cc1Br.O=c1[nH]cnc2cc(Br)c([N+](=O)[O-])cc12.O=c1[nH]cnc2cc(Br)ccc12. The minimum absolute atomic E-state index is 0.0397. The van der Waals surface area contributed by atoms with Crippen molar-refractivity contribution in [3.63, 3.8) is 0 Å². The summed E-state index contributed by atoms with van der Waals surface area (Å²) in [6.07, 6.45) is 6.81. The highest BCUT2D eigenvalue weighted by atomic mass is 79.9. The lowest BCUT2D eigenvalue weighted by molar-refractivity contribution is -0.385. The summed E-state index contributed by atoms with van der Waals surface area (Å²) in [5.74, 6) is -1.52. The van der Waals surface area contributed by atoms with E-state index in [-0.39, 0.29) is 72.0 Å². The van der Waals surface area contributed by atoms with E-state index in [1.54, 1.807) is 50.2 Å². The van der Waals surface area contributed by atoms with E-state index in [1.165, 1.54) is 117 Å². The van der Waals surface area contributed by atoms with Gasteiger partial charge in [0.15, 0.2) is 0 Å². The molecule has 48 heteroatoms. The molecule has 14 aromatic rings. The number of aliphatic hydroxyl groups is 1. The standard InChI is InChI=1S/C14H7BrClFN4O2.C14H9BrClFN4.C8H3BrClN3O2.C8H4BrN3O3.C8H5BrN2O.C7H6BrNO2.C6H5ClFN.C3H8O.CH3NO.Cl2OS/c15-9-5-12-8(4-13(9)21(22)23)14(19-6-18-12)20-7-1-2-11(17)10(16)3-7;15-9-5-13-8(4-12(9)18)14(20-6-19-13)21-7-1-2-11(17)10(16)3-7;9-5-2-6-4(1-7(5)13(14)15)8(10)12-3-11-6;9-5-2-6-4(1-7(5)12(14)15)8(13)11-3-10-6;9-5-1-2-6-7(3-5)10-4-11-8(6)12;8-4-1-2-5(7(10)11)6(9)3-4;7-5-3-4(9)1-2-6(5)8;1-3(2)4;2-1-3;1-4(2)3/h1-6H,(H,18,19,20);1-6H,18H2,(H,19,20,21);1-3H;1-3H,(H,10,11,13);1-4H,(H,10,11,12);1-3H,9H2,(H,10,11);1-3H,9H2;3-4H,1-2H3;1H,(H2,2,3);. The van der Waals surface area contributed by atoms with Crippen LogP contribution >= 0.6 is 163 Å². The van der Waals surface area contributed by atoms with Crippen LogP contribution in [-0.2, 0) is 14.0 Å². The average Bonchev–Trinajstić information content (AvgIpc) is 0.805. The molecule has 0 aliphatic carbocycles. The second-order valence-electron chi connectivity index (χ2n) is 22.0. The van der Waals surface area contributed by atoms with Gasteiger partial charge in [0.2, 0.25) is 15.6 Å². The molecular weight excluding hydrogens is 2080 g/mol. The number of nitrogens with two attached hydrogens (primary N) is 4. The number of nitro benzene ring substituents is 3. The maximum absolute atomic E-state index is 13.2. The Morgan fingerprint density at radius 1 is 0.504 bits per heavy atom. The maximum atomic E-state index is 13.2. The molecule has 1 amide bonds. The first kappa shape index (κ1) is 97.5. The molecule has 0 saturated carbocycles. The van der Waals surface area contributed by atoms with Crippen LogP contribution in [0, 0.1) is 47.8 Å². The summed E-state index contributed by atoms with van der Waals surface area (Å²) in [4.78, 5) is 109. The third-order valence-corrected chi connectivity index (χ3v) is 18.3. The number of carboxylic acid groups (broad SMARTS) is 1. The monoisotopic (exact) mass is 2120 g/mol. The molecule has 0 unspecified atom stereocenters. The zero-order valence-corrected chi connectivity index (χ0v) is 73.4. The Labute approximate surface area is 737 Å². The van der Waals surface area contributed by atoms with Crippen molar-refractivity contribution in [1.82, 2.24) is 49.8 Å². The van der Waals surface area contributed by atoms with Crippen molar-refractivity contribution >= 4 is 297 Å². The number of hydrogen-bond donors (Lipinski definition) is 10. The molecule has 0 aliphatic rings. The van der Waals surface area contributed by atoms with Crippen LogP contribution in [0.5, 0.6) is 0 Å². The van der Waals surface area contributed by atoms with Gasteiger partial charge in [-0.25, -0.2) is 62.0 Å². The molecule has 0 atom stereocenters. The molecule has 0 saturated heterocycles. The average molecular weight is 2130 g/mol. The van der Waals surface area contributed by atoms with Crippen LogP contribution in [0.25, 0.3) is 54.5 Å². The Hall–Kier alpha value is -10.1. The highest BCUT2D eigenvalue weighted by Gasteiger charge is 2.19. The van der Waals surface area contributed by atoms with E-state index in [1.807, 2.05) is 18.2 Å². The molecule has 117 heavy (non-hydrogen) atoms. The van der Waals surface area contributed by atoms with Crippen LogP contribution in [0.3, 0.4) is 0 Å². The van der Waals surface area contributed by atoms with Gasteiger partial charge in [-0.15, -0.1) is 0 Å². The number of aliphatic hydroxyl groups excluding tert-OH is 1. The van der Waals surface area contributed by atoms with Crippen molar-refractivity contribution in [1.29, 1.82) is 0 Å². The number of nitrogens with one attached hydrogen (secondary N) is 4. The Kier molecular flexibility index (Phi) is 39.5. The molecule has 0 radical (unpaired) electrons. The number of hydrogen-bond acceptors (Lipinski definition) is 25. The third-order valence-electron chi connectivity index (χ3n) is 13.6. The number of nitrogen functional groups attached to an aromatic ring is 3. The summed E-state index contributed by atoms with van der Waals surface area (Å²) in [7, 11) is 7.36. The number of carbonyl (C=O) groups excluding carboxylic acids is 1. The molecule has 32 nitrogen and oxygen atoms in total. The zero-order valence-electron chi connectivity index (χ0n) is 58.5. The number of anilines is 7. The first-order valence-electron chi connectivity index (χ1n) is 31.1. The third kappa shape index (κ3) is 30.7. The minimum atomic E-state index is -1.67. The van der Waals surface area contributed by atoms with Gasteiger partial charge in [-0.05, 0) is 199 Å². The van der Waals surface area contributed by atoms with E-state index in [4.69, 9.17) is 82.8 Å². The number of aromatic carboxylic acids is 1. The van der Waals surface area contributed by atoms with E-state index in [0.29, 0.717) is 86.0 Å². The van der Waals surface area contributed by atoms with Crippen molar-refractivity contribution in [2.24, 2.45) is 5.73 Å². The highest BCUT2D eigenvalue weighted by Crippen LogP contribution is 2.36. The summed E-state index contributed by atoms with van der Waals surface area (Å²) < 4.78 is 51.3. The second-order valence-corrected chi connectivity index (χ2v) is 31.3. The van der Waals surface area contributed by atoms with Crippen LogP contribution in [-0.4, -0.2) is 97.5 Å². The molecule has 0 aliphatic heterocycles. The van der Waals surface area contributed by atoms with E-state index < -0.39 is 53.0 Å². The lowest BCUT2D eigenvalue weighted by Gasteiger charge is -2.10. The molecule has 0 fully saturated rings. The fraction of sp³-hybridized carbons (Fsp3) is 0.0435. The molecule has 5 heterocycles. The van der Waals surface area contributed by atoms with Gasteiger partial charge in [-0.3, -0.25) is 44.7 Å². The van der Waals surface area contributed by atoms with Gasteiger partial charge in [-0.2, -0.15) is 0 Å². The van der Waals surface area contributed by atoms with Crippen molar-refractivity contribution < 1.29 is 52.0 Å². The Bertz CT molecular complexity index is 6140. The van der Waals surface area contributed by atoms with Gasteiger partial charge in [0, 0.05) is 104 Å². The summed E-state index contributed by atoms with van der Waals surface area (Å²) in [6.45, 7) is 3.44. The molecule has 5 aromatic heterocycles. The predicted octanol–water partition coefficient (Wildman–Crippen LogP) is 19.9. The van der Waals surface area contributed by atoms with Crippen molar-refractivity contribution in [2.45, 2.75) is 20.0 Å². The van der Waals surface area contributed by atoms with Crippen molar-refractivity contribution in [3.05, 3.63) is 292 Å². The zero-order chi connectivity index (χ0) is 87.2. The molecule has 610 valence electrons. The number of nitro groups is 3. The number of nitrogens with zero attached hydrogens (tertiary/aromatic N) is 11. The number of primary amides is 1. The predicted molar refractivity (Wildman–Crippen MR) is 469 cm³/mol. The van der Waals surface area contributed by atoms with Gasteiger partial charge in [-0.1, -0.05) is 78.3 Å². The van der Waals surface area contributed by atoms with Crippen LogP contribution in [0.15, 0.2) is 208 Å². The van der Waals surface area contributed by atoms with Gasteiger partial charge in [0.25, 0.3) is 28.2 Å². The van der Waals surface area contributed by atoms with Gasteiger partial charge in [0.1, 0.15) is 53.2 Å². The van der Waals surface area contributed by atoms with Gasteiger partial charge >= 0.3 is 5.97 Å². The largest absolute Gasteiger partial charge is 0.478 e. The Morgan fingerprint density at radius 3 is 1.28 bits per heavy atom. The lowest BCUT2D eigenvalue weighted by atomic mass is 10.2. The van der Waals surface area contributed by atoms with E-state index in [9.17, 15) is 57.9 Å². The van der Waals surface area contributed by atoms with Crippen LogP contribution in [0.4, 0.5) is 70.3 Å². The number of rotatable bonds is 8. The summed E-state index contributed by atoms with van der Waals surface area (Å²) >= 11 is 41.8. The fourth-order valence-corrected chi connectivity index (χ4v) is 11.8. The number of benzene rings is 9. The van der Waals surface area contributed by atoms with E-state index in [2.05, 4.69) is 183 Å². The summed E-state index contributed by atoms with van der Waals surface area (Å²) in [6, 6.07) is 34.6. The molecule has 0 spiro atoms. The van der Waals surface area contributed by atoms with Crippen LogP contribution < -0.4 is 44.7 Å². The van der Waals surface area contributed by atoms with Crippen LogP contribution in [0.1, 0.15) is 24.2 Å². The number of carboxylic acids is 1. The number of halogens is 15. The number of carbonyl (C=O) groups is 2.